The number of fused-ring (bicyclic) bond motifs is 1. The summed E-state index contributed by atoms with van der Waals surface area (Å²) in [4.78, 5) is 19.4. The Morgan fingerprint density at radius 1 is 1.24 bits per heavy atom. The monoisotopic (exact) mass is 230 g/mol. The number of nitrogens with one attached hydrogen (secondary N) is 1. The van der Waals surface area contributed by atoms with E-state index in [9.17, 15) is 0 Å². The van der Waals surface area contributed by atoms with Gasteiger partial charge in [-0.2, -0.15) is 14.6 Å². The van der Waals surface area contributed by atoms with Gasteiger partial charge in [0.2, 0.25) is 5.95 Å². The van der Waals surface area contributed by atoms with Crippen LogP contribution in [0.4, 0.5) is 5.95 Å². The van der Waals surface area contributed by atoms with Crippen LogP contribution in [0.15, 0.2) is 6.33 Å². The molecule has 0 radical (unpaired) electrons. The summed E-state index contributed by atoms with van der Waals surface area (Å²) in [5, 5.41) is 4.26. The van der Waals surface area contributed by atoms with Crippen LogP contribution < -0.4 is 5.73 Å². The zero-order chi connectivity index (χ0) is 12.0. The van der Waals surface area contributed by atoms with Crippen molar-refractivity contribution in [2.24, 2.45) is 0 Å². The maximum absolute atomic E-state index is 5.64. The minimum absolute atomic E-state index is 0.159. The number of aromatic amines is 1. The van der Waals surface area contributed by atoms with E-state index in [0.29, 0.717) is 22.8 Å². The maximum Gasteiger partial charge on any atom is 0.224 e. The SMILES string of the molecule is Cc1nc(C)n(-c2nc(N)nc3nc[nH]c23)n1. The molecule has 0 saturated heterocycles. The fourth-order valence-corrected chi connectivity index (χ4v) is 1.71. The summed E-state index contributed by atoms with van der Waals surface area (Å²) >= 11 is 0. The zero-order valence-electron chi connectivity index (χ0n) is 9.34. The van der Waals surface area contributed by atoms with Crippen LogP contribution in [0.5, 0.6) is 0 Å². The van der Waals surface area contributed by atoms with Crippen LogP contribution in [-0.2, 0) is 0 Å². The van der Waals surface area contributed by atoms with Crippen LogP contribution in [0.25, 0.3) is 17.0 Å². The summed E-state index contributed by atoms with van der Waals surface area (Å²) in [6.07, 6.45) is 1.54. The van der Waals surface area contributed by atoms with Crippen molar-refractivity contribution in [1.82, 2.24) is 34.7 Å². The van der Waals surface area contributed by atoms with E-state index >= 15 is 0 Å². The first-order valence-corrected chi connectivity index (χ1v) is 5.02. The van der Waals surface area contributed by atoms with Gasteiger partial charge < -0.3 is 10.7 Å². The van der Waals surface area contributed by atoms with Crippen molar-refractivity contribution < 1.29 is 0 Å². The second-order valence-electron chi connectivity index (χ2n) is 3.62. The number of nitrogens with zero attached hydrogens (tertiary/aromatic N) is 6. The molecule has 86 valence electrons. The highest BCUT2D eigenvalue weighted by Gasteiger charge is 2.13. The summed E-state index contributed by atoms with van der Waals surface area (Å²) in [5.74, 6) is 2.12. The molecule has 3 heterocycles. The van der Waals surface area contributed by atoms with Gasteiger partial charge in [-0.15, -0.1) is 5.10 Å². The highest BCUT2D eigenvalue weighted by molar-refractivity contribution is 5.78. The molecule has 0 unspecified atom stereocenters. The van der Waals surface area contributed by atoms with Gasteiger partial charge in [0, 0.05) is 0 Å². The molecule has 3 N–H and O–H groups in total. The molecule has 0 aliphatic carbocycles. The highest BCUT2D eigenvalue weighted by atomic mass is 15.4. The fraction of sp³-hybridized carbons (Fsp3) is 0.222. The molecule has 3 aromatic rings. The smallest absolute Gasteiger partial charge is 0.224 e. The molecule has 8 nitrogen and oxygen atoms in total. The van der Waals surface area contributed by atoms with E-state index in [1.54, 1.807) is 11.0 Å². The molecule has 0 aliphatic heterocycles. The van der Waals surface area contributed by atoms with Gasteiger partial charge in [0.15, 0.2) is 11.5 Å². The normalized spacial score (nSPS) is 11.2. The lowest BCUT2D eigenvalue weighted by atomic mass is 10.5. The van der Waals surface area contributed by atoms with Crippen LogP contribution in [0.3, 0.4) is 0 Å². The molecule has 0 bridgehead atoms. The summed E-state index contributed by atoms with van der Waals surface area (Å²) in [5.41, 5.74) is 6.84. The van der Waals surface area contributed by atoms with Crippen molar-refractivity contribution in [2.45, 2.75) is 13.8 Å². The largest absolute Gasteiger partial charge is 0.368 e. The lowest BCUT2D eigenvalue weighted by molar-refractivity contribution is 0.808. The number of nitrogen functional groups attached to an aromatic ring is 1. The number of imidazole rings is 1. The molecular formula is C9H10N8. The highest BCUT2D eigenvalue weighted by Crippen LogP contribution is 2.17. The van der Waals surface area contributed by atoms with Crippen LogP contribution in [0.1, 0.15) is 11.6 Å². The summed E-state index contributed by atoms with van der Waals surface area (Å²) < 4.78 is 1.62. The Bertz CT molecular complexity index is 694. The molecule has 0 spiro atoms. The molecule has 0 saturated carbocycles. The quantitative estimate of drug-likeness (QED) is 0.614. The van der Waals surface area contributed by atoms with E-state index in [1.165, 1.54) is 0 Å². The fourth-order valence-electron chi connectivity index (χ4n) is 1.71. The summed E-state index contributed by atoms with van der Waals surface area (Å²) in [7, 11) is 0. The predicted molar refractivity (Wildman–Crippen MR) is 60.5 cm³/mol. The van der Waals surface area contributed by atoms with E-state index in [4.69, 9.17) is 5.73 Å². The third-order valence-corrected chi connectivity index (χ3v) is 2.36. The molecule has 0 fully saturated rings. The second-order valence-corrected chi connectivity index (χ2v) is 3.62. The van der Waals surface area contributed by atoms with Crippen molar-refractivity contribution in [3.63, 3.8) is 0 Å². The lowest BCUT2D eigenvalue weighted by Crippen LogP contribution is -2.07. The average Bonchev–Trinajstić information content (AvgIpc) is 2.83. The zero-order valence-corrected chi connectivity index (χ0v) is 9.34. The van der Waals surface area contributed by atoms with Crippen molar-refractivity contribution >= 4 is 17.1 Å². The number of H-pyrrole nitrogens is 1. The number of hydrogen-bond acceptors (Lipinski definition) is 6. The van der Waals surface area contributed by atoms with Gasteiger partial charge in [0.1, 0.15) is 17.2 Å². The standard InChI is InChI=1S/C9H10N8/c1-4-13-5(2)17(16-4)8-6-7(12-3-11-6)14-9(10)15-8/h3H,1-2H3,(H3,10,11,12,14,15). The van der Waals surface area contributed by atoms with Crippen LogP contribution in [0, 0.1) is 13.8 Å². The van der Waals surface area contributed by atoms with Crippen molar-refractivity contribution in [3.05, 3.63) is 18.0 Å². The van der Waals surface area contributed by atoms with Crippen molar-refractivity contribution in [2.75, 3.05) is 5.73 Å². The number of rotatable bonds is 1. The molecular weight excluding hydrogens is 220 g/mol. The Balaban J connectivity index is 2.36. The molecule has 0 atom stereocenters. The average molecular weight is 230 g/mol. The Morgan fingerprint density at radius 2 is 2.06 bits per heavy atom. The van der Waals surface area contributed by atoms with Gasteiger partial charge in [0.05, 0.1) is 6.33 Å². The van der Waals surface area contributed by atoms with Gasteiger partial charge in [-0.3, -0.25) is 0 Å². The Morgan fingerprint density at radius 3 is 2.76 bits per heavy atom. The number of hydrogen-bond donors (Lipinski definition) is 2. The van der Waals surface area contributed by atoms with E-state index < -0.39 is 0 Å². The minimum Gasteiger partial charge on any atom is -0.368 e. The molecule has 3 rings (SSSR count). The van der Waals surface area contributed by atoms with Gasteiger partial charge in [0.25, 0.3) is 0 Å². The molecule has 0 amide bonds. The first-order valence-electron chi connectivity index (χ1n) is 5.02. The Labute approximate surface area is 95.9 Å². The second kappa shape index (κ2) is 3.24. The maximum atomic E-state index is 5.64. The van der Waals surface area contributed by atoms with E-state index in [2.05, 4.69) is 30.0 Å². The number of aryl methyl sites for hydroxylation is 2. The number of aromatic nitrogens is 7. The predicted octanol–water partition coefficient (Wildman–Crippen LogP) is 0.133. The number of anilines is 1. The van der Waals surface area contributed by atoms with E-state index in [1.807, 2.05) is 13.8 Å². The Kier molecular flexibility index (Phi) is 1.85. The first kappa shape index (κ1) is 9.70. The molecule has 0 aromatic carbocycles. The Hall–Kier alpha value is -2.51. The molecule has 3 aromatic heterocycles. The summed E-state index contributed by atoms with van der Waals surface area (Å²) in [6, 6.07) is 0. The van der Waals surface area contributed by atoms with E-state index in [-0.39, 0.29) is 5.95 Å². The third kappa shape index (κ3) is 1.41. The third-order valence-electron chi connectivity index (χ3n) is 2.36. The lowest BCUT2D eigenvalue weighted by Gasteiger charge is -2.03. The van der Waals surface area contributed by atoms with E-state index in [0.717, 1.165) is 5.82 Å². The van der Waals surface area contributed by atoms with Gasteiger partial charge >= 0.3 is 0 Å². The van der Waals surface area contributed by atoms with Crippen molar-refractivity contribution in [1.29, 1.82) is 0 Å². The molecule has 8 heteroatoms. The van der Waals surface area contributed by atoms with Crippen molar-refractivity contribution in [3.8, 4) is 5.82 Å². The summed E-state index contributed by atoms with van der Waals surface area (Å²) in [6.45, 7) is 3.67. The van der Waals surface area contributed by atoms with Gasteiger partial charge in [-0.1, -0.05) is 0 Å². The topological polar surface area (TPSA) is 111 Å². The first-order chi connectivity index (χ1) is 8.15. The van der Waals surface area contributed by atoms with Gasteiger partial charge in [-0.05, 0) is 13.8 Å². The molecule has 17 heavy (non-hydrogen) atoms. The van der Waals surface area contributed by atoms with Crippen LogP contribution in [0.2, 0.25) is 0 Å². The minimum atomic E-state index is 0.159. The van der Waals surface area contributed by atoms with Crippen LogP contribution >= 0.6 is 0 Å². The molecule has 0 aliphatic rings. The number of nitrogens with two attached hydrogens (primary N) is 1. The van der Waals surface area contributed by atoms with Gasteiger partial charge in [-0.25, -0.2) is 9.97 Å². The van der Waals surface area contributed by atoms with Crippen LogP contribution in [-0.4, -0.2) is 34.7 Å².